The summed E-state index contributed by atoms with van der Waals surface area (Å²) in [5.74, 6) is 3.32. The summed E-state index contributed by atoms with van der Waals surface area (Å²) in [5.41, 5.74) is 14.1. The standard InChI is InChI=1S/C66H97N9O10/c1-41(2)54(74-55(77)49(67)22-15-16-36-69-53(76)40-84-46-20-13-11-10-12-14-21-46)57(79)73-50(23-17-37-70-60(68)82)56(78)71-44-28-24-42-26-30-51-63(6,47(42)38-44)32-18-34-65(51,8)58(80)75-59(81)66(9)35-19-33-64(7)48-39-45(72-61(83)85-62(3,4)5)29-25-43(48)27-31-52(64)66/h24-25,28-29,38-39,41,46,49-52,54H,10-13,15-20,22-23,26-27,30-37,40,67H2,1-9H3,(H,69,76)(H,71,78)(H,72,83)(H,73,79)(H,74,77)(H3,68,70,82)(H,75,80,81)/t46?,49?,50-,51+,52+,54-,63+,64+,65-,66-/m0/s1. The second kappa shape index (κ2) is 28.3. The van der Waals surface area contributed by atoms with E-state index in [1.165, 1.54) is 5.56 Å². The number of amides is 9. The fourth-order valence-corrected chi connectivity index (χ4v) is 14.7. The first-order chi connectivity index (χ1) is 40.2. The number of rotatable bonds is 22. The summed E-state index contributed by atoms with van der Waals surface area (Å²) in [6, 6.07) is 8.10. The van der Waals surface area contributed by atoms with Gasteiger partial charge in [0.1, 0.15) is 30.4 Å². The Hall–Kier alpha value is -6.52. The van der Waals surface area contributed by atoms with E-state index in [4.69, 9.17) is 20.9 Å². The molecule has 19 nitrogen and oxygen atoms in total. The molecule has 11 N–H and O–H groups in total. The van der Waals surface area contributed by atoms with Crippen molar-refractivity contribution < 1.29 is 47.8 Å². The van der Waals surface area contributed by atoms with Crippen LogP contribution in [0, 0.1) is 40.4 Å². The Morgan fingerprint density at radius 3 is 1.84 bits per heavy atom. The molecule has 2 aromatic rings. The Balaban J connectivity index is 0.976. The Kier molecular flexibility index (Phi) is 22.0. The van der Waals surface area contributed by atoms with Crippen molar-refractivity contribution in [1.82, 2.24) is 26.6 Å². The molecule has 19 heteroatoms. The average Bonchev–Trinajstić information content (AvgIpc) is 0.917. The second-order valence-electron chi connectivity index (χ2n) is 27.1. The van der Waals surface area contributed by atoms with E-state index in [-0.39, 0.29) is 66.6 Å². The molecule has 0 spiro atoms. The summed E-state index contributed by atoms with van der Waals surface area (Å²) in [4.78, 5) is 109. The minimum Gasteiger partial charge on any atom is -0.444 e. The molecule has 9 amide bonds. The van der Waals surface area contributed by atoms with E-state index >= 15 is 4.79 Å². The van der Waals surface area contributed by atoms with E-state index in [0.717, 1.165) is 93.7 Å². The lowest BCUT2D eigenvalue weighted by molar-refractivity contribution is -0.150. The molecular formula is C66H97N9O10. The molecule has 2 aromatic carbocycles. The van der Waals surface area contributed by atoms with Gasteiger partial charge in [0.05, 0.1) is 16.9 Å². The normalized spacial score (nSPS) is 26.2. The highest BCUT2D eigenvalue weighted by atomic mass is 16.6. The maximum Gasteiger partial charge on any atom is 0.412 e. The zero-order valence-corrected chi connectivity index (χ0v) is 52.0. The van der Waals surface area contributed by atoms with Gasteiger partial charge in [-0.05, 0) is 199 Å². The van der Waals surface area contributed by atoms with Crippen molar-refractivity contribution in [3.05, 3.63) is 58.7 Å². The van der Waals surface area contributed by atoms with Crippen LogP contribution in [-0.2, 0) is 61.9 Å². The van der Waals surface area contributed by atoms with Crippen LogP contribution in [0.5, 0.6) is 0 Å². The smallest absolute Gasteiger partial charge is 0.412 e. The Bertz CT molecular complexity index is 2860. The number of aryl methyl sites for hydroxylation is 2. The third-order valence-corrected chi connectivity index (χ3v) is 19.3. The topological polar surface area (TPSA) is 291 Å². The average molecular weight is 1180 g/mol. The highest BCUT2D eigenvalue weighted by molar-refractivity contribution is 6.01. The number of fused-ring (bicyclic) bond motifs is 6. The van der Waals surface area contributed by atoms with E-state index in [0.29, 0.717) is 62.9 Å². The van der Waals surface area contributed by atoms with Gasteiger partial charge in [-0.15, -0.1) is 5.92 Å². The number of carbonyl (C=O) groups is 8. The third-order valence-electron chi connectivity index (χ3n) is 19.3. The second-order valence-corrected chi connectivity index (χ2v) is 27.1. The van der Waals surface area contributed by atoms with Gasteiger partial charge in [-0.2, -0.15) is 0 Å². The van der Waals surface area contributed by atoms with Crippen LogP contribution in [0.1, 0.15) is 200 Å². The fourth-order valence-electron chi connectivity index (χ4n) is 14.7. The molecule has 5 aliphatic carbocycles. The number of ether oxygens (including phenoxy) is 2. The summed E-state index contributed by atoms with van der Waals surface area (Å²) >= 11 is 0. The van der Waals surface area contributed by atoms with Gasteiger partial charge < -0.3 is 47.5 Å². The molecule has 10 atom stereocenters. The van der Waals surface area contributed by atoms with Crippen molar-refractivity contribution in [2.75, 3.05) is 30.3 Å². The first-order valence-corrected chi connectivity index (χ1v) is 31.4. The predicted octanol–water partition coefficient (Wildman–Crippen LogP) is 8.38. The minimum absolute atomic E-state index is 0.0509. The first kappa shape index (κ1) is 66.0. The highest BCUT2D eigenvalue weighted by Gasteiger charge is 2.58. The number of nitrogens with one attached hydrogen (secondary N) is 7. The van der Waals surface area contributed by atoms with Crippen LogP contribution >= 0.6 is 0 Å². The molecule has 0 aliphatic heterocycles. The summed E-state index contributed by atoms with van der Waals surface area (Å²) in [5, 5.41) is 20.1. The van der Waals surface area contributed by atoms with Crippen molar-refractivity contribution >= 4 is 58.9 Å². The quantitative estimate of drug-likeness (QED) is 0.0307. The number of carbonyl (C=O) groups excluding carboxylic acids is 8. The number of hydrogen-bond donors (Lipinski definition) is 9. The zero-order chi connectivity index (χ0) is 61.9. The minimum atomic E-state index is -1.08. The van der Waals surface area contributed by atoms with Crippen LogP contribution in [0.2, 0.25) is 0 Å². The van der Waals surface area contributed by atoms with E-state index in [1.807, 2.05) is 65.0 Å². The Morgan fingerprint density at radius 2 is 1.26 bits per heavy atom. The van der Waals surface area contributed by atoms with Gasteiger partial charge in [0.15, 0.2) is 0 Å². The number of urea groups is 1. The largest absolute Gasteiger partial charge is 0.444 e. The molecule has 85 heavy (non-hydrogen) atoms. The Labute approximate surface area is 503 Å². The predicted molar refractivity (Wildman–Crippen MR) is 328 cm³/mol. The monoisotopic (exact) mass is 1180 g/mol. The van der Waals surface area contributed by atoms with Gasteiger partial charge in [0.25, 0.3) is 0 Å². The van der Waals surface area contributed by atoms with Crippen molar-refractivity contribution in [2.45, 2.75) is 231 Å². The summed E-state index contributed by atoms with van der Waals surface area (Å²) in [7, 11) is 0. The lowest BCUT2D eigenvalue weighted by Gasteiger charge is -2.56. The zero-order valence-electron chi connectivity index (χ0n) is 52.0. The molecule has 0 radical (unpaired) electrons. The van der Waals surface area contributed by atoms with Gasteiger partial charge in [-0.3, -0.25) is 39.4 Å². The molecule has 0 bridgehead atoms. The van der Waals surface area contributed by atoms with E-state index in [2.05, 4.69) is 69.0 Å². The highest BCUT2D eigenvalue weighted by Crippen LogP contribution is 2.60. The lowest BCUT2D eigenvalue weighted by Crippen LogP contribution is -2.60. The number of primary amides is 1. The molecule has 7 rings (SSSR count). The van der Waals surface area contributed by atoms with E-state index in [9.17, 15) is 33.6 Å². The van der Waals surface area contributed by atoms with Crippen LogP contribution in [0.4, 0.5) is 21.0 Å². The number of hydrogen-bond acceptors (Lipinski definition) is 11. The number of imide groups is 1. The summed E-state index contributed by atoms with van der Waals surface area (Å²) in [6.45, 7) is 18.0. The van der Waals surface area contributed by atoms with Crippen molar-refractivity contribution in [2.24, 2.45) is 40.1 Å². The number of unbranched alkanes of at least 4 members (excludes halogenated alkanes) is 1. The molecule has 2 saturated carbocycles. The van der Waals surface area contributed by atoms with Crippen molar-refractivity contribution in [1.29, 1.82) is 0 Å². The molecule has 0 aromatic heterocycles. The van der Waals surface area contributed by atoms with Gasteiger partial charge in [0.2, 0.25) is 35.4 Å². The number of anilines is 2. The molecule has 466 valence electrons. The van der Waals surface area contributed by atoms with Crippen LogP contribution < -0.4 is 48.7 Å². The van der Waals surface area contributed by atoms with Crippen molar-refractivity contribution in [3.8, 4) is 11.8 Å². The molecule has 5 aliphatic rings. The maximum absolute atomic E-state index is 15.0. The number of nitrogens with two attached hydrogens (primary N) is 2. The third kappa shape index (κ3) is 16.3. The SMILES string of the molecule is CC(C)[C@H](NC(=O)C(N)CCCCNC(=O)COC1C#CCCCCC1)C(=O)N[C@@H](CCCNC(N)=O)C(=O)Nc1ccc2c(c1)[C@@]1(C)CCC[C@](C)(C(=O)NC(=O)[C@@]3(C)CCC[C@]4(C)c5cc(NC(=O)OC(C)(C)C)ccc5CC[C@@H]34)[C@@H]1CC2. The Morgan fingerprint density at radius 1 is 0.671 bits per heavy atom. The molecular weight excluding hydrogens is 1080 g/mol. The fraction of sp³-hybridized carbons (Fsp3) is 0.667. The van der Waals surface area contributed by atoms with Crippen molar-refractivity contribution in [3.63, 3.8) is 0 Å². The van der Waals surface area contributed by atoms with E-state index < -0.39 is 69.8 Å². The van der Waals surface area contributed by atoms with Crippen LogP contribution in [0.3, 0.4) is 0 Å². The van der Waals surface area contributed by atoms with Gasteiger partial charge >= 0.3 is 12.1 Å². The molecule has 0 heterocycles. The lowest BCUT2D eigenvalue weighted by atomic mass is 9.49. The maximum atomic E-state index is 15.0. The summed E-state index contributed by atoms with van der Waals surface area (Å²) in [6.07, 6.45) is 13.4. The number of benzene rings is 2. The molecule has 0 saturated heterocycles. The van der Waals surface area contributed by atoms with Gasteiger partial charge in [-0.1, -0.05) is 78.9 Å². The van der Waals surface area contributed by atoms with Crippen LogP contribution in [-0.4, -0.2) is 97.1 Å². The summed E-state index contributed by atoms with van der Waals surface area (Å²) < 4.78 is 11.3. The van der Waals surface area contributed by atoms with Gasteiger partial charge in [0, 0.05) is 30.9 Å². The van der Waals surface area contributed by atoms with Gasteiger partial charge in [-0.25, -0.2) is 9.59 Å². The van der Waals surface area contributed by atoms with Crippen LogP contribution in [0.15, 0.2) is 36.4 Å². The molecule has 2 unspecified atom stereocenters. The van der Waals surface area contributed by atoms with Crippen LogP contribution in [0.25, 0.3) is 0 Å². The van der Waals surface area contributed by atoms with E-state index in [1.54, 1.807) is 13.8 Å². The molecule has 2 fully saturated rings. The first-order valence-electron chi connectivity index (χ1n) is 31.4.